The Morgan fingerprint density at radius 1 is 0.972 bits per heavy atom. The molecule has 6 nitrogen and oxygen atoms in total. The highest BCUT2D eigenvalue weighted by Gasteiger charge is 2.47. The second kappa shape index (κ2) is 8.46. The molecule has 1 atom stereocenters. The highest BCUT2D eigenvalue weighted by atomic mass is 32.2. The van der Waals surface area contributed by atoms with Gasteiger partial charge in [-0.3, -0.25) is 4.31 Å². The number of nitrogens with two attached hydrogens (primary N) is 1. The molecule has 0 saturated carbocycles. The van der Waals surface area contributed by atoms with Crippen LogP contribution in [0.4, 0.5) is 18.9 Å². The molecule has 0 fully saturated rings. The van der Waals surface area contributed by atoms with Gasteiger partial charge in [0.1, 0.15) is 16.5 Å². The summed E-state index contributed by atoms with van der Waals surface area (Å²) in [5.74, 6) is -1.60. The van der Waals surface area contributed by atoms with E-state index in [0.29, 0.717) is 11.3 Å². The van der Waals surface area contributed by atoms with Crippen molar-refractivity contribution in [2.75, 3.05) is 4.31 Å². The molecule has 0 aromatic heterocycles. The normalized spacial score (nSPS) is 18.7. The lowest BCUT2D eigenvalue weighted by molar-refractivity contribution is -0.137. The molecular weight excluding hydrogens is 491 g/mol. The maximum absolute atomic E-state index is 14.1. The van der Waals surface area contributed by atoms with Crippen molar-refractivity contribution >= 4 is 21.5 Å². The highest BCUT2D eigenvalue weighted by molar-refractivity contribution is 7.96. The first-order valence-corrected chi connectivity index (χ1v) is 12.2. The Morgan fingerprint density at radius 3 is 2.25 bits per heavy atom. The molecule has 182 valence electrons. The molecule has 36 heavy (non-hydrogen) atoms. The zero-order chi connectivity index (χ0) is 25.7. The van der Waals surface area contributed by atoms with Gasteiger partial charge in [-0.05, 0) is 35.4 Å². The van der Waals surface area contributed by atoms with Crippen LogP contribution in [0.2, 0.25) is 0 Å². The molecule has 2 heterocycles. The molecule has 5 rings (SSSR count). The number of rotatable bonds is 3. The Kier molecular flexibility index (Phi) is 5.53. The molecule has 10 heteroatoms. The third-order valence-corrected chi connectivity index (χ3v) is 7.98. The molecule has 0 radical (unpaired) electrons. The summed E-state index contributed by atoms with van der Waals surface area (Å²) in [6.07, 6.45) is -4.58. The van der Waals surface area contributed by atoms with Crippen LogP contribution in [0.1, 0.15) is 28.2 Å². The van der Waals surface area contributed by atoms with Crippen molar-refractivity contribution in [2.45, 2.75) is 18.6 Å². The monoisotopic (exact) mass is 509 g/mol. The number of alkyl halides is 3. The topological polar surface area (TPSA) is 96.4 Å². The van der Waals surface area contributed by atoms with E-state index in [4.69, 9.17) is 10.5 Å². The van der Waals surface area contributed by atoms with Gasteiger partial charge in [-0.1, -0.05) is 54.6 Å². The van der Waals surface area contributed by atoms with Crippen LogP contribution in [-0.4, -0.2) is 8.42 Å². The van der Waals surface area contributed by atoms with Crippen molar-refractivity contribution in [3.05, 3.63) is 117 Å². The van der Waals surface area contributed by atoms with Crippen LogP contribution in [-0.2, 0) is 27.5 Å². The standard InChI is InChI=1S/C26H18F3N3O3S/c27-26(28,29)18-12-10-17(11-13-18)22-20(14-30)25(31)35-23-19-8-4-5-9-21(19)32(36(33,34)24(22)23)15-16-6-2-1-3-7-16/h1-13,22H,15,31H2/t22-/m0/s1. The largest absolute Gasteiger partial charge is 0.439 e. The van der Waals surface area contributed by atoms with Gasteiger partial charge in [-0.15, -0.1) is 0 Å². The number of para-hydroxylation sites is 1. The molecule has 0 saturated heterocycles. The molecule has 3 aromatic rings. The fraction of sp³-hybridized carbons (Fsp3) is 0.115. The first kappa shape index (κ1) is 23.5. The van der Waals surface area contributed by atoms with E-state index in [2.05, 4.69) is 0 Å². The summed E-state index contributed by atoms with van der Waals surface area (Å²) in [7, 11) is -4.31. The average Bonchev–Trinajstić information content (AvgIpc) is 2.86. The van der Waals surface area contributed by atoms with E-state index in [1.165, 1.54) is 4.31 Å². The second-order valence-corrected chi connectivity index (χ2v) is 10.1. The molecule has 0 spiro atoms. The number of allylic oxidation sites excluding steroid dienone is 2. The Labute approximate surface area is 205 Å². The number of benzene rings is 3. The minimum Gasteiger partial charge on any atom is -0.439 e. The van der Waals surface area contributed by atoms with E-state index in [9.17, 15) is 26.9 Å². The maximum Gasteiger partial charge on any atom is 0.416 e. The Hall–Kier alpha value is -4.23. The summed E-state index contributed by atoms with van der Waals surface area (Å²) in [6, 6.07) is 21.6. The molecule has 2 aliphatic rings. The smallest absolute Gasteiger partial charge is 0.416 e. The van der Waals surface area contributed by atoms with Crippen molar-refractivity contribution < 1.29 is 26.3 Å². The number of nitriles is 1. The number of hydrogen-bond acceptors (Lipinski definition) is 5. The lowest BCUT2D eigenvalue weighted by atomic mass is 9.88. The van der Waals surface area contributed by atoms with Gasteiger partial charge < -0.3 is 10.5 Å². The first-order valence-electron chi connectivity index (χ1n) is 10.8. The van der Waals surface area contributed by atoms with E-state index in [1.807, 2.05) is 12.1 Å². The molecule has 2 aliphatic heterocycles. The molecule has 0 amide bonds. The van der Waals surface area contributed by atoms with E-state index in [1.54, 1.807) is 48.5 Å². The minimum atomic E-state index is -4.58. The van der Waals surface area contributed by atoms with Gasteiger partial charge in [0.05, 0.1) is 23.7 Å². The van der Waals surface area contributed by atoms with Crippen LogP contribution in [0.5, 0.6) is 0 Å². The Morgan fingerprint density at radius 2 is 1.61 bits per heavy atom. The second-order valence-electron chi connectivity index (χ2n) is 8.25. The molecule has 3 aromatic carbocycles. The van der Waals surface area contributed by atoms with Crippen molar-refractivity contribution in [3.63, 3.8) is 0 Å². The van der Waals surface area contributed by atoms with Crippen molar-refractivity contribution in [1.82, 2.24) is 0 Å². The summed E-state index contributed by atoms with van der Waals surface area (Å²) in [6.45, 7) is -0.00220. The number of anilines is 1. The van der Waals surface area contributed by atoms with E-state index in [-0.39, 0.29) is 34.2 Å². The van der Waals surface area contributed by atoms with Gasteiger partial charge in [-0.25, -0.2) is 8.42 Å². The number of hydrogen-bond donors (Lipinski definition) is 1. The first-order chi connectivity index (χ1) is 17.1. The van der Waals surface area contributed by atoms with Crippen LogP contribution in [0.15, 0.2) is 95.2 Å². The van der Waals surface area contributed by atoms with Crippen molar-refractivity contribution in [2.24, 2.45) is 5.73 Å². The minimum absolute atomic E-state index is 0.00220. The number of nitrogens with zero attached hydrogens (tertiary/aromatic N) is 2. The SMILES string of the molecule is N#CC1=C(N)OC2=C([C@H]1c1ccc(C(F)(F)F)cc1)S(=O)(=O)N(Cc1ccccc1)c1ccccc12. The van der Waals surface area contributed by atoms with Crippen LogP contribution in [0.3, 0.4) is 0 Å². The number of halogens is 3. The fourth-order valence-corrected chi connectivity index (χ4v) is 6.34. The number of ether oxygens (including phenoxy) is 1. The molecular formula is C26H18F3N3O3S. The molecule has 0 unspecified atom stereocenters. The van der Waals surface area contributed by atoms with Crippen LogP contribution >= 0.6 is 0 Å². The molecule has 2 N–H and O–H groups in total. The molecule has 0 aliphatic carbocycles. The van der Waals surface area contributed by atoms with Crippen LogP contribution in [0.25, 0.3) is 5.76 Å². The zero-order valence-corrected chi connectivity index (χ0v) is 19.3. The third-order valence-electron chi connectivity index (χ3n) is 6.10. The van der Waals surface area contributed by atoms with Crippen molar-refractivity contribution in [3.8, 4) is 6.07 Å². The summed E-state index contributed by atoms with van der Waals surface area (Å²) in [5, 5.41) is 9.85. The van der Waals surface area contributed by atoms with E-state index in [0.717, 1.165) is 29.8 Å². The highest BCUT2D eigenvalue weighted by Crippen LogP contribution is 2.51. The van der Waals surface area contributed by atoms with Gasteiger partial charge in [0, 0.05) is 5.56 Å². The molecule has 0 bridgehead atoms. The van der Waals surface area contributed by atoms with Gasteiger partial charge in [-0.2, -0.15) is 18.4 Å². The average molecular weight is 510 g/mol. The fourth-order valence-electron chi connectivity index (χ4n) is 4.43. The third kappa shape index (κ3) is 3.78. The predicted molar refractivity (Wildman–Crippen MR) is 127 cm³/mol. The summed E-state index contributed by atoms with van der Waals surface area (Å²) < 4.78 is 74.7. The van der Waals surface area contributed by atoms with Crippen LogP contribution in [0, 0.1) is 11.3 Å². The quantitative estimate of drug-likeness (QED) is 0.522. The summed E-state index contributed by atoms with van der Waals surface area (Å²) in [4.78, 5) is -0.248. The van der Waals surface area contributed by atoms with Gasteiger partial charge in [0.25, 0.3) is 10.0 Å². The Balaban J connectivity index is 1.73. The number of sulfonamides is 1. The van der Waals surface area contributed by atoms with Gasteiger partial charge in [0.15, 0.2) is 5.76 Å². The lowest BCUT2D eigenvalue weighted by Gasteiger charge is -2.38. The summed E-state index contributed by atoms with van der Waals surface area (Å²) in [5.41, 5.74) is 6.63. The van der Waals surface area contributed by atoms with E-state index >= 15 is 0 Å². The van der Waals surface area contributed by atoms with Gasteiger partial charge in [0.2, 0.25) is 5.88 Å². The maximum atomic E-state index is 14.1. The van der Waals surface area contributed by atoms with E-state index < -0.39 is 27.7 Å². The predicted octanol–water partition coefficient (Wildman–Crippen LogP) is 5.23. The van der Waals surface area contributed by atoms with Gasteiger partial charge >= 0.3 is 6.18 Å². The zero-order valence-electron chi connectivity index (χ0n) is 18.5. The number of fused-ring (bicyclic) bond motifs is 2. The lowest BCUT2D eigenvalue weighted by Crippen LogP contribution is -2.39. The summed E-state index contributed by atoms with van der Waals surface area (Å²) >= 11 is 0. The van der Waals surface area contributed by atoms with Crippen LogP contribution < -0.4 is 10.0 Å². The van der Waals surface area contributed by atoms with Crippen molar-refractivity contribution in [1.29, 1.82) is 5.26 Å². The Bertz CT molecular complexity index is 1560.